The van der Waals surface area contributed by atoms with Crippen LogP contribution in [0.4, 0.5) is 0 Å². The predicted molar refractivity (Wildman–Crippen MR) is 72.2 cm³/mol. The van der Waals surface area contributed by atoms with Crippen molar-refractivity contribution in [2.24, 2.45) is 0 Å². The minimum absolute atomic E-state index is 0.152. The molecule has 2 rings (SSSR count). The van der Waals surface area contributed by atoms with Gasteiger partial charge in [0.15, 0.2) is 5.69 Å². The Bertz CT molecular complexity index is 581. The Morgan fingerprint density at radius 2 is 2.00 bits per heavy atom. The van der Waals surface area contributed by atoms with Gasteiger partial charge in [0.25, 0.3) is 0 Å². The van der Waals surface area contributed by atoms with E-state index < -0.39 is 0 Å². The summed E-state index contributed by atoms with van der Waals surface area (Å²) in [5.41, 5.74) is 1.26. The summed E-state index contributed by atoms with van der Waals surface area (Å²) < 4.78 is 6.16. The van der Waals surface area contributed by atoms with E-state index in [-0.39, 0.29) is 6.10 Å². The summed E-state index contributed by atoms with van der Waals surface area (Å²) in [7, 11) is 0. The number of ether oxygens (including phenoxy) is 1. The number of aromatic amines is 1. The van der Waals surface area contributed by atoms with Crippen LogP contribution in [-0.4, -0.2) is 16.1 Å². The normalized spacial score (nSPS) is 10.4. The summed E-state index contributed by atoms with van der Waals surface area (Å²) >= 11 is 3.26. The average molecular weight is 306 g/mol. The van der Waals surface area contributed by atoms with E-state index in [4.69, 9.17) is 10.00 Å². The second kappa shape index (κ2) is 5.23. The molecule has 0 spiro atoms. The lowest BCUT2D eigenvalue weighted by molar-refractivity contribution is 0.242. The van der Waals surface area contributed by atoms with Gasteiger partial charge in [-0.05, 0) is 54.0 Å². The molecule has 0 fully saturated rings. The second-order valence-electron chi connectivity index (χ2n) is 4.05. The van der Waals surface area contributed by atoms with Crippen LogP contribution >= 0.6 is 15.9 Å². The number of hydrogen-bond donors (Lipinski definition) is 1. The van der Waals surface area contributed by atoms with Crippen LogP contribution in [0.2, 0.25) is 0 Å². The summed E-state index contributed by atoms with van der Waals surface area (Å²) in [6, 6.07) is 9.60. The smallest absolute Gasteiger partial charge is 0.173 e. The van der Waals surface area contributed by atoms with Gasteiger partial charge in [-0.3, -0.25) is 0 Å². The predicted octanol–water partition coefficient (Wildman–Crippen LogP) is 3.50. The number of nitrogens with zero attached hydrogens (tertiary/aromatic N) is 2. The largest absolute Gasteiger partial charge is 0.491 e. The molecule has 2 aromatic rings. The van der Waals surface area contributed by atoms with Crippen LogP contribution in [0, 0.1) is 11.3 Å². The van der Waals surface area contributed by atoms with Crippen LogP contribution in [0.3, 0.4) is 0 Å². The molecule has 0 aliphatic carbocycles. The molecule has 0 atom stereocenters. The number of halogens is 1. The van der Waals surface area contributed by atoms with Gasteiger partial charge in [-0.2, -0.15) is 5.26 Å². The van der Waals surface area contributed by atoms with E-state index in [9.17, 15) is 0 Å². The number of aromatic nitrogens is 2. The molecule has 0 unspecified atom stereocenters. The zero-order valence-electron chi connectivity index (χ0n) is 10.1. The molecule has 1 heterocycles. The van der Waals surface area contributed by atoms with E-state index >= 15 is 0 Å². The number of nitriles is 1. The molecule has 0 aliphatic heterocycles. The van der Waals surface area contributed by atoms with Crippen LogP contribution in [-0.2, 0) is 0 Å². The molecule has 0 saturated carbocycles. The maximum Gasteiger partial charge on any atom is 0.173 e. The molecule has 0 saturated heterocycles. The summed E-state index contributed by atoms with van der Waals surface area (Å²) in [6.07, 6.45) is 0.152. The fourth-order valence-electron chi connectivity index (χ4n) is 1.53. The molecule has 92 valence electrons. The average Bonchev–Trinajstić information content (AvgIpc) is 2.71. The van der Waals surface area contributed by atoms with Crippen LogP contribution in [0.15, 0.2) is 28.9 Å². The van der Waals surface area contributed by atoms with Crippen molar-refractivity contribution in [1.82, 2.24) is 9.97 Å². The summed E-state index contributed by atoms with van der Waals surface area (Å²) in [5, 5.41) is 8.84. The van der Waals surface area contributed by atoms with Crippen molar-refractivity contribution in [3.05, 3.63) is 34.6 Å². The topological polar surface area (TPSA) is 61.7 Å². The molecular formula is C13H12BrN3O. The molecule has 1 aromatic carbocycles. The third-order valence-corrected chi connectivity index (χ3v) is 2.84. The Labute approximate surface area is 114 Å². The highest BCUT2D eigenvalue weighted by molar-refractivity contribution is 9.10. The molecule has 5 heteroatoms. The number of imidazole rings is 1. The second-order valence-corrected chi connectivity index (χ2v) is 4.84. The summed E-state index contributed by atoms with van der Waals surface area (Å²) in [5.74, 6) is 1.48. The van der Waals surface area contributed by atoms with Crippen molar-refractivity contribution in [2.75, 3.05) is 0 Å². The lowest BCUT2D eigenvalue weighted by atomic mass is 10.2. The first kappa shape index (κ1) is 12.7. The molecule has 0 aliphatic rings. The van der Waals surface area contributed by atoms with Crippen molar-refractivity contribution in [3.63, 3.8) is 0 Å². The van der Waals surface area contributed by atoms with Crippen molar-refractivity contribution >= 4 is 15.9 Å². The van der Waals surface area contributed by atoms with Crippen LogP contribution in [0.1, 0.15) is 19.5 Å². The maximum absolute atomic E-state index is 8.84. The van der Waals surface area contributed by atoms with Crippen molar-refractivity contribution < 1.29 is 4.74 Å². The number of H-pyrrole nitrogens is 1. The molecule has 18 heavy (non-hydrogen) atoms. The van der Waals surface area contributed by atoms with Gasteiger partial charge < -0.3 is 9.72 Å². The van der Waals surface area contributed by atoms with E-state index in [0.29, 0.717) is 16.1 Å². The highest BCUT2D eigenvalue weighted by Gasteiger charge is 2.09. The number of hydrogen-bond acceptors (Lipinski definition) is 3. The number of benzene rings is 1. The Balaban J connectivity index is 2.26. The zero-order valence-corrected chi connectivity index (χ0v) is 11.7. The Kier molecular flexibility index (Phi) is 3.68. The van der Waals surface area contributed by atoms with Crippen molar-refractivity contribution in [2.45, 2.75) is 20.0 Å². The number of nitrogens with one attached hydrogen (secondary N) is 1. The SMILES string of the molecule is CC(C)Oc1ccc(-c2nc(C#N)c(Br)[nH]2)cc1. The van der Waals surface area contributed by atoms with Crippen molar-refractivity contribution in [1.29, 1.82) is 5.26 Å². The highest BCUT2D eigenvalue weighted by atomic mass is 79.9. The zero-order chi connectivity index (χ0) is 13.1. The van der Waals surface area contributed by atoms with E-state index in [1.807, 2.05) is 44.2 Å². The summed E-state index contributed by atoms with van der Waals surface area (Å²) in [6.45, 7) is 3.97. The monoisotopic (exact) mass is 305 g/mol. The van der Waals surface area contributed by atoms with Crippen LogP contribution in [0.5, 0.6) is 5.75 Å². The Morgan fingerprint density at radius 3 is 2.50 bits per heavy atom. The quantitative estimate of drug-likeness (QED) is 0.944. The maximum atomic E-state index is 8.84. The molecule has 1 N–H and O–H groups in total. The minimum Gasteiger partial charge on any atom is -0.491 e. The first-order chi connectivity index (χ1) is 8.60. The van der Waals surface area contributed by atoms with E-state index in [0.717, 1.165) is 11.3 Å². The van der Waals surface area contributed by atoms with Crippen LogP contribution < -0.4 is 4.74 Å². The highest BCUT2D eigenvalue weighted by Crippen LogP contribution is 2.23. The Morgan fingerprint density at radius 1 is 1.33 bits per heavy atom. The number of rotatable bonds is 3. The van der Waals surface area contributed by atoms with Crippen LogP contribution in [0.25, 0.3) is 11.4 Å². The van der Waals surface area contributed by atoms with E-state index in [1.54, 1.807) is 0 Å². The first-order valence-corrected chi connectivity index (χ1v) is 6.32. The van der Waals surface area contributed by atoms with Gasteiger partial charge in [0.2, 0.25) is 0 Å². The fraction of sp³-hybridized carbons (Fsp3) is 0.231. The van der Waals surface area contributed by atoms with Gasteiger partial charge in [-0.25, -0.2) is 4.98 Å². The van der Waals surface area contributed by atoms with Crippen molar-refractivity contribution in [3.8, 4) is 23.2 Å². The molecule has 0 radical (unpaired) electrons. The molecule has 4 nitrogen and oxygen atoms in total. The van der Waals surface area contributed by atoms with Gasteiger partial charge >= 0.3 is 0 Å². The van der Waals surface area contributed by atoms with E-state index in [1.165, 1.54) is 0 Å². The van der Waals surface area contributed by atoms with Gasteiger partial charge in [0.05, 0.1) is 6.10 Å². The van der Waals surface area contributed by atoms with E-state index in [2.05, 4.69) is 25.9 Å². The minimum atomic E-state index is 0.152. The lowest BCUT2D eigenvalue weighted by Gasteiger charge is -2.09. The molecule has 0 amide bonds. The Hall–Kier alpha value is -1.80. The van der Waals surface area contributed by atoms with Gasteiger partial charge in [-0.1, -0.05) is 0 Å². The standard InChI is InChI=1S/C13H12BrN3O/c1-8(2)18-10-5-3-9(4-6-10)13-16-11(7-15)12(14)17-13/h3-6,8H,1-2H3,(H,16,17). The fourth-order valence-corrected chi connectivity index (χ4v) is 1.89. The molecular weight excluding hydrogens is 294 g/mol. The summed E-state index contributed by atoms with van der Waals surface area (Å²) in [4.78, 5) is 7.20. The van der Waals surface area contributed by atoms with Gasteiger partial charge in [0, 0.05) is 5.56 Å². The first-order valence-electron chi connectivity index (χ1n) is 5.53. The third-order valence-electron chi connectivity index (χ3n) is 2.27. The third kappa shape index (κ3) is 2.71. The van der Waals surface area contributed by atoms with Gasteiger partial charge in [-0.15, -0.1) is 0 Å². The molecule has 0 bridgehead atoms. The lowest BCUT2D eigenvalue weighted by Crippen LogP contribution is -2.05. The molecule has 1 aromatic heterocycles. The van der Waals surface area contributed by atoms with Gasteiger partial charge in [0.1, 0.15) is 22.2 Å².